The van der Waals surface area contributed by atoms with Crippen molar-refractivity contribution < 1.29 is 19.1 Å². The van der Waals surface area contributed by atoms with Crippen molar-refractivity contribution in [2.24, 2.45) is 4.99 Å². The van der Waals surface area contributed by atoms with Crippen LogP contribution in [0.1, 0.15) is 6.92 Å². The maximum atomic E-state index is 11.9. The summed E-state index contributed by atoms with van der Waals surface area (Å²) in [6.07, 6.45) is 0. The Kier molecular flexibility index (Phi) is 12.2. The average Bonchev–Trinajstić information content (AvgIpc) is 2.66. The number of amides is 2. The summed E-state index contributed by atoms with van der Waals surface area (Å²) in [7, 11) is 3.20. The predicted octanol–water partition coefficient (Wildman–Crippen LogP) is -1.91. The van der Waals surface area contributed by atoms with Crippen molar-refractivity contribution in [2.45, 2.75) is 6.92 Å². The van der Waals surface area contributed by atoms with Gasteiger partial charge in [0.1, 0.15) is 6.54 Å². The number of carbonyl (C=O) groups excluding carboxylic acids is 2. The molecule has 1 fully saturated rings. The van der Waals surface area contributed by atoms with E-state index in [1.165, 1.54) is 0 Å². The molecule has 0 aromatic rings. The lowest BCUT2D eigenvalue weighted by Crippen LogP contribution is -2.54. The monoisotopic (exact) mass is 386 g/mol. The van der Waals surface area contributed by atoms with Crippen LogP contribution < -0.4 is 16.0 Å². The molecule has 0 atom stereocenters. The number of hydrogen-bond donors (Lipinski definition) is 3. The standard InChI is InChI=1S/C17H34N6O4/c1-4-18-17(21-13-15(24)19-5-11-26-2)23-9-7-22(8-10-23)14-16(25)20-6-12-27-3/h4-14H2,1-3H3,(H,18,21)(H,19,24)(H,20,25). The lowest BCUT2D eigenvalue weighted by atomic mass is 10.3. The van der Waals surface area contributed by atoms with E-state index < -0.39 is 0 Å². The molecule has 0 saturated carbocycles. The number of hydrogen-bond acceptors (Lipinski definition) is 6. The fraction of sp³-hybridized carbons (Fsp3) is 0.824. The zero-order valence-corrected chi connectivity index (χ0v) is 16.8. The number of methoxy groups -OCH3 is 2. The minimum absolute atomic E-state index is 0.00815. The highest BCUT2D eigenvalue weighted by atomic mass is 16.5. The van der Waals surface area contributed by atoms with Crippen LogP contribution in [0.25, 0.3) is 0 Å². The molecule has 0 spiro atoms. The lowest BCUT2D eigenvalue weighted by Gasteiger charge is -2.36. The number of nitrogens with zero attached hydrogens (tertiary/aromatic N) is 3. The van der Waals surface area contributed by atoms with Gasteiger partial charge >= 0.3 is 0 Å². The van der Waals surface area contributed by atoms with Crippen LogP contribution >= 0.6 is 0 Å². The molecule has 156 valence electrons. The Morgan fingerprint density at radius 2 is 1.52 bits per heavy atom. The molecule has 0 aliphatic carbocycles. The first-order valence-corrected chi connectivity index (χ1v) is 9.37. The third kappa shape index (κ3) is 10.1. The van der Waals surface area contributed by atoms with Crippen LogP contribution in [0.3, 0.4) is 0 Å². The summed E-state index contributed by atoms with van der Waals surface area (Å²) in [5, 5.41) is 8.81. The minimum Gasteiger partial charge on any atom is -0.383 e. The fourth-order valence-corrected chi connectivity index (χ4v) is 2.59. The fourth-order valence-electron chi connectivity index (χ4n) is 2.59. The van der Waals surface area contributed by atoms with Crippen LogP contribution in [0.15, 0.2) is 4.99 Å². The lowest BCUT2D eigenvalue weighted by molar-refractivity contribution is -0.123. The molecule has 0 radical (unpaired) electrons. The van der Waals surface area contributed by atoms with Crippen molar-refractivity contribution in [3.63, 3.8) is 0 Å². The summed E-state index contributed by atoms with van der Waals surface area (Å²) in [5.41, 5.74) is 0. The smallest absolute Gasteiger partial charge is 0.241 e. The molecule has 1 rings (SSSR count). The SMILES string of the molecule is CCNC(=NCC(=O)NCCOC)N1CCN(CC(=O)NCCOC)CC1. The Labute approximate surface area is 161 Å². The second-order valence-electron chi connectivity index (χ2n) is 6.12. The molecule has 3 N–H and O–H groups in total. The summed E-state index contributed by atoms with van der Waals surface area (Å²) in [6, 6.07) is 0. The molecule has 1 heterocycles. The Bertz CT molecular complexity index is 466. The Hall–Kier alpha value is -1.91. The number of rotatable bonds is 11. The van der Waals surface area contributed by atoms with Gasteiger partial charge in [0.15, 0.2) is 5.96 Å². The van der Waals surface area contributed by atoms with Gasteiger partial charge in [0.05, 0.1) is 19.8 Å². The van der Waals surface area contributed by atoms with E-state index in [0.717, 1.165) is 38.7 Å². The summed E-state index contributed by atoms with van der Waals surface area (Å²) in [6.45, 7) is 8.22. The summed E-state index contributed by atoms with van der Waals surface area (Å²) < 4.78 is 9.83. The third-order valence-electron chi connectivity index (χ3n) is 4.00. The van der Waals surface area contributed by atoms with Gasteiger partial charge in [-0.3, -0.25) is 14.5 Å². The van der Waals surface area contributed by atoms with Gasteiger partial charge in [0.2, 0.25) is 11.8 Å². The third-order valence-corrected chi connectivity index (χ3v) is 4.00. The molecule has 1 aliphatic heterocycles. The second-order valence-corrected chi connectivity index (χ2v) is 6.12. The molecule has 0 aromatic carbocycles. The quantitative estimate of drug-likeness (QED) is 0.216. The van der Waals surface area contributed by atoms with Gasteiger partial charge in [-0.15, -0.1) is 0 Å². The van der Waals surface area contributed by atoms with E-state index >= 15 is 0 Å². The number of piperazine rings is 1. The molecule has 0 bridgehead atoms. The van der Waals surface area contributed by atoms with Crippen LogP contribution in [0.2, 0.25) is 0 Å². The van der Waals surface area contributed by atoms with Crippen molar-refractivity contribution in [3.8, 4) is 0 Å². The van der Waals surface area contributed by atoms with Crippen LogP contribution in [0.5, 0.6) is 0 Å². The van der Waals surface area contributed by atoms with Crippen molar-refractivity contribution >= 4 is 17.8 Å². The van der Waals surface area contributed by atoms with Gasteiger partial charge in [0.25, 0.3) is 0 Å². The molecule has 10 nitrogen and oxygen atoms in total. The average molecular weight is 386 g/mol. The van der Waals surface area contributed by atoms with E-state index in [2.05, 4.69) is 30.7 Å². The maximum Gasteiger partial charge on any atom is 0.241 e. The summed E-state index contributed by atoms with van der Waals surface area (Å²) >= 11 is 0. The molecular weight excluding hydrogens is 352 g/mol. The summed E-state index contributed by atoms with van der Waals surface area (Å²) in [5.74, 6) is 0.603. The van der Waals surface area contributed by atoms with Crippen LogP contribution in [0.4, 0.5) is 0 Å². The zero-order chi connectivity index (χ0) is 19.9. The van der Waals surface area contributed by atoms with E-state index in [0.29, 0.717) is 32.8 Å². The van der Waals surface area contributed by atoms with E-state index in [1.54, 1.807) is 14.2 Å². The van der Waals surface area contributed by atoms with Gasteiger partial charge < -0.3 is 30.3 Å². The maximum absolute atomic E-state index is 11.9. The molecule has 1 saturated heterocycles. The van der Waals surface area contributed by atoms with E-state index in [-0.39, 0.29) is 18.4 Å². The number of guanidine groups is 1. The van der Waals surface area contributed by atoms with Crippen molar-refractivity contribution in [2.75, 3.05) is 86.3 Å². The largest absolute Gasteiger partial charge is 0.383 e. The predicted molar refractivity (Wildman–Crippen MR) is 104 cm³/mol. The topological polar surface area (TPSA) is 108 Å². The van der Waals surface area contributed by atoms with Crippen molar-refractivity contribution in [1.82, 2.24) is 25.8 Å². The van der Waals surface area contributed by atoms with Gasteiger partial charge in [-0.1, -0.05) is 0 Å². The number of nitrogens with one attached hydrogen (secondary N) is 3. The highest BCUT2D eigenvalue weighted by Gasteiger charge is 2.21. The Balaban J connectivity index is 2.40. The van der Waals surface area contributed by atoms with Gasteiger partial charge in [-0.2, -0.15) is 0 Å². The zero-order valence-electron chi connectivity index (χ0n) is 16.8. The molecule has 1 aliphatic rings. The van der Waals surface area contributed by atoms with Gasteiger partial charge in [-0.25, -0.2) is 4.99 Å². The molecule has 10 heteroatoms. The van der Waals surface area contributed by atoms with Gasteiger partial charge in [0, 0.05) is 60.0 Å². The molecule has 27 heavy (non-hydrogen) atoms. The van der Waals surface area contributed by atoms with Crippen LogP contribution in [-0.2, 0) is 19.1 Å². The van der Waals surface area contributed by atoms with E-state index in [1.807, 2.05) is 6.92 Å². The Morgan fingerprint density at radius 1 is 0.926 bits per heavy atom. The van der Waals surface area contributed by atoms with E-state index in [4.69, 9.17) is 9.47 Å². The highest BCUT2D eigenvalue weighted by Crippen LogP contribution is 2.02. The summed E-state index contributed by atoms with van der Waals surface area (Å²) in [4.78, 5) is 32.3. The number of carbonyl (C=O) groups is 2. The molecule has 0 aromatic heterocycles. The normalized spacial score (nSPS) is 15.5. The second kappa shape index (κ2) is 14.2. The first-order valence-electron chi connectivity index (χ1n) is 9.37. The highest BCUT2D eigenvalue weighted by molar-refractivity contribution is 5.85. The van der Waals surface area contributed by atoms with Crippen molar-refractivity contribution in [1.29, 1.82) is 0 Å². The number of aliphatic imine (C=N–C) groups is 1. The first-order chi connectivity index (χ1) is 13.1. The Morgan fingerprint density at radius 3 is 2.07 bits per heavy atom. The molecular formula is C17H34N6O4. The number of ether oxygens (including phenoxy) is 2. The van der Waals surface area contributed by atoms with E-state index in [9.17, 15) is 9.59 Å². The first kappa shape index (κ1) is 23.1. The van der Waals surface area contributed by atoms with Gasteiger partial charge in [-0.05, 0) is 6.92 Å². The van der Waals surface area contributed by atoms with Crippen LogP contribution in [-0.4, -0.2) is 114 Å². The minimum atomic E-state index is -0.131. The molecule has 2 amide bonds. The van der Waals surface area contributed by atoms with Crippen molar-refractivity contribution in [3.05, 3.63) is 0 Å². The van der Waals surface area contributed by atoms with Crippen LogP contribution in [0, 0.1) is 0 Å². The molecule has 0 unspecified atom stereocenters.